The van der Waals surface area contributed by atoms with Gasteiger partial charge in [-0.05, 0) is 17.2 Å². The molecule has 2 aromatic carbocycles. The first-order chi connectivity index (χ1) is 10.4. The van der Waals surface area contributed by atoms with Crippen molar-refractivity contribution in [2.75, 3.05) is 0 Å². The fourth-order valence-corrected chi connectivity index (χ4v) is 2.49. The molecule has 100 valence electrons. The molecule has 0 saturated heterocycles. The van der Waals surface area contributed by atoms with E-state index < -0.39 is 0 Å². The number of pyridine rings is 1. The summed E-state index contributed by atoms with van der Waals surface area (Å²) in [5.74, 6) is 0.876. The minimum Gasteiger partial charge on any atom is -0.398 e. The Hall–Kier alpha value is -2.87. The minimum absolute atomic E-state index is 0.847. The molecule has 21 heavy (non-hydrogen) atoms. The molecule has 0 aliphatic carbocycles. The molecule has 2 heterocycles. The number of hydrogen-bond acceptors (Lipinski definition) is 1. The summed E-state index contributed by atoms with van der Waals surface area (Å²) >= 11 is 0. The Labute approximate surface area is 122 Å². The summed E-state index contributed by atoms with van der Waals surface area (Å²) in [6.45, 7) is 0. The van der Waals surface area contributed by atoms with E-state index in [0.29, 0.717) is 0 Å². The van der Waals surface area contributed by atoms with Crippen molar-refractivity contribution in [3.63, 3.8) is 0 Å². The largest absolute Gasteiger partial charge is 0.398 e. The van der Waals surface area contributed by atoms with Crippen LogP contribution in [0.15, 0.2) is 89.6 Å². The average Bonchev–Trinajstić information content (AvgIpc) is 3.00. The zero-order valence-electron chi connectivity index (χ0n) is 11.4. The fourth-order valence-electron chi connectivity index (χ4n) is 2.49. The van der Waals surface area contributed by atoms with Gasteiger partial charge in [-0.3, -0.25) is 0 Å². The second-order valence-corrected chi connectivity index (χ2v) is 4.98. The smallest absolute Gasteiger partial charge is 0.379 e. The fraction of sp³-hybridized carbons (Fsp3) is 0. The molecular weight excluding hydrogens is 258 g/mol. The molecule has 0 atom stereocenters. The van der Waals surface area contributed by atoms with Gasteiger partial charge in [-0.1, -0.05) is 54.6 Å². The lowest BCUT2D eigenvalue weighted by Gasteiger charge is -2.01. The van der Waals surface area contributed by atoms with Crippen LogP contribution in [0.3, 0.4) is 0 Å². The van der Waals surface area contributed by atoms with Crippen molar-refractivity contribution < 1.29 is 8.82 Å². The quantitative estimate of drug-likeness (QED) is 0.496. The van der Waals surface area contributed by atoms with Gasteiger partial charge in [-0.25, -0.2) is 0 Å². The Kier molecular flexibility index (Phi) is 2.79. The van der Waals surface area contributed by atoms with E-state index in [1.54, 1.807) is 0 Å². The van der Waals surface area contributed by atoms with Crippen LogP contribution in [-0.4, -0.2) is 0 Å². The number of aromatic nitrogens is 1. The molecule has 2 aromatic heterocycles. The Balaban J connectivity index is 1.73. The van der Waals surface area contributed by atoms with Gasteiger partial charge >= 0.3 is 5.71 Å². The van der Waals surface area contributed by atoms with Gasteiger partial charge in [0, 0.05) is 11.6 Å². The van der Waals surface area contributed by atoms with Crippen LogP contribution in [0.25, 0.3) is 28.2 Å². The topological polar surface area (TPSA) is 17.2 Å². The van der Waals surface area contributed by atoms with Gasteiger partial charge in [-0.15, -0.1) is 4.40 Å². The Morgan fingerprint density at radius 1 is 0.619 bits per heavy atom. The summed E-state index contributed by atoms with van der Waals surface area (Å²) in [5.41, 5.74) is 4.36. The van der Waals surface area contributed by atoms with E-state index in [1.807, 2.05) is 41.1 Å². The number of fused-ring (bicyclic) bond motifs is 1. The van der Waals surface area contributed by atoms with Crippen LogP contribution in [0.5, 0.6) is 0 Å². The van der Waals surface area contributed by atoms with E-state index >= 15 is 0 Å². The molecule has 0 fully saturated rings. The van der Waals surface area contributed by atoms with Crippen molar-refractivity contribution >= 4 is 5.71 Å². The molecule has 0 radical (unpaired) electrons. The predicted molar refractivity (Wildman–Crippen MR) is 82.7 cm³/mol. The second kappa shape index (κ2) is 4.91. The summed E-state index contributed by atoms with van der Waals surface area (Å²) < 4.78 is 7.85. The molecule has 0 spiro atoms. The summed E-state index contributed by atoms with van der Waals surface area (Å²) in [7, 11) is 0. The first-order valence-corrected chi connectivity index (χ1v) is 6.96. The highest BCUT2D eigenvalue weighted by Gasteiger charge is 2.12. The second-order valence-electron chi connectivity index (χ2n) is 4.98. The standard InChI is InChI=1S/C19H14NO/c1-2-6-15(7-3-1)16-9-11-17(12-10-16)18-14-20-13-5-4-8-19(20)21-18/h1-14H/q+1. The van der Waals surface area contributed by atoms with Gasteiger partial charge in [-0.2, -0.15) is 0 Å². The summed E-state index contributed by atoms with van der Waals surface area (Å²) in [6.07, 6.45) is 3.99. The average molecular weight is 272 g/mol. The molecule has 0 saturated carbocycles. The van der Waals surface area contributed by atoms with E-state index in [1.165, 1.54) is 11.1 Å². The normalized spacial score (nSPS) is 10.9. The summed E-state index contributed by atoms with van der Waals surface area (Å²) in [4.78, 5) is 0. The van der Waals surface area contributed by atoms with Crippen molar-refractivity contribution in [2.45, 2.75) is 0 Å². The lowest BCUT2D eigenvalue weighted by molar-refractivity contribution is -0.513. The van der Waals surface area contributed by atoms with Gasteiger partial charge in [0.1, 0.15) is 0 Å². The zero-order valence-corrected chi connectivity index (χ0v) is 11.4. The highest BCUT2D eigenvalue weighted by atomic mass is 16.3. The van der Waals surface area contributed by atoms with Crippen molar-refractivity contribution in [3.05, 3.63) is 85.2 Å². The zero-order chi connectivity index (χ0) is 14.1. The van der Waals surface area contributed by atoms with Gasteiger partial charge < -0.3 is 4.42 Å². The van der Waals surface area contributed by atoms with Gasteiger partial charge in [0.05, 0.1) is 6.07 Å². The number of hydrogen-bond donors (Lipinski definition) is 0. The maximum absolute atomic E-state index is 5.86. The molecule has 0 unspecified atom stereocenters. The van der Waals surface area contributed by atoms with E-state index in [9.17, 15) is 0 Å². The molecule has 0 amide bonds. The van der Waals surface area contributed by atoms with E-state index in [-0.39, 0.29) is 0 Å². The van der Waals surface area contributed by atoms with Crippen molar-refractivity contribution in [1.82, 2.24) is 0 Å². The molecule has 4 rings (SSSR count). The molecule has 2 heteroatoms. The molecule has 2 nitrogen and oxygen atoms in total. The van der Waals surface area contributed by atoms with E-state index in [0.717, 1.165) is 17.0 Å². The summed E-state index contributed by atoms with van der Waals surface area (Å²) in [5, 5.41) is 0. The van der Waals surface area contributed by atoms with Crippen LogP contribution in [0.4, 0.5) is 0 Å². The molecular formula is C19H14NO+. The van der Waals surface area contributed by atoms with E-state index in [2.05, 4.69) is 48.5 Å². The van der Waals surface area contributed by atoms with Crippen LogP contribution < -0.4 is 4.40 Å². The molecule has 0 bridgehead atoms. The third kappa shape index (κ3) is 2.21. The summed E-state index contributed by atoms with van der Waals surface area (Å²) in [6, 6.07) is 24.7. The van der Waals surface area contributed by atoms with Crippen molar-refractivity contribution in [1.29, 1.82) is 0 Å². The van der Waals surface area contributed by atoms with E-state index in [4.69, 9.17) is 4.42 Å². The minimum atomic E-state index is 0.847. The SMILES string of the molecule is c1ccc(-c2ccc(-c3c[n+]4ccccc4o3)cc2)cc1. The predicted octanol–water partition coefficient (Wildman–Crippen LogP) is 4.35. The Morgan fingerprint density at radius 3 is 2.05 bits per heavy atom. The number of benzene rings is 2. The van der Waals surface area contributed by atoms with Crippen LogP contribution in [0.2, 0.25) is 0 Å². The van der Waals surface area contributed by atoms with Gasteiger partial charge in [0.2, 0.25) is 12.0 Å². The van der Waals surface area contributed by atoms with Crippen LogP contribution >= 0.6 is 0 Å². The van der Waals surface area contributed by atoms with Crippen LogP contribution in [-0.2, 0) is 0 Å². The Morgan fingerprint density at radius 2 is 1.29 bits per heavy atom. The third-order valence-corrected chi connectivity index (χ3v) is 3.60. The monoisotopic (exact) mass is 272 g/mol. The number of oxazole rings is 1. The first kappa shape index (κ1) is 11.9. The van der Waals surface area contributed by atoms with Crippen LogP contribution in [0, 0.1) is 0 Å². The van der Waals surface area contributed by atoms with Crippen molar-refractivity contribution in [3.8, 4) is 22.5 Å². The highest BCUT2D eigenvalue weighted by Crippen LogP contribution is 2.24. The lowest BCUT2D eigenvalue weighted by Crippen LogP contribution is -2.15. The lowest BCUT2D eigenvalue weighted by atomic mass is 10.0. The molecule has 0 N–H and O–H groups in total. The van der Waals surface area contributed by atoms with Crippen LogP contribution in [0.1, 0.15) is 0 Å². The molecule has 4 aromatic rings. The Bertz CT molecular complexity index is 843. The maximum Gasteiger partial charge on any atom is 0.379 e. The molecule has 0 aliphatic heterocycles. The molecule has 0 aliphatic rings. The third-order valence-electron chi connectivity index (χ3n) is 3.60. The van der Waals surface area contributed by atoms with Gasteiger partial charge in [0.25, 0.3) is 0 Å². The highest BCUT2D eigenvalue weighted by molar-refractivity contribution is 5.68. The maximum atomic E-state index is 5.86. The number of rotatable bonds is 2. The van der Waals surface area contributed by atoms with Gasteiger partial charge in [0.15, 0.2) is 6.20 Å². The number of nitrogens with zero attached hydrogens (tertiary/aromatic N) is 1. The van der Waals surface area contributed by atoms with Crippen molar-refractivity contribution in [2.24, 2.45) is 0 Å². The first-order valence-electron chi connectivity index (χ1n) is 6.96.